The minimum atomic E-state index is -0.643. The van der Waals surface area contributed by atoms with Gasteiger partial charge < -0.3 is 15.0 Å². The van der Waals surface area contributed by atoms with E-state index in [0.717, 1.165) is 4.68 Å². The van der Waals surface area contributed by atoms with E-state index in [0.29, 0.717) is 11.3 Å². The quantitative estimate of drug-likeness (QED) is 0.830. The lowest BCUT2D eigenvalue weighted by Crippen LogP contribution is -2.37. The number of nitrogens with zero attached hydrogens (tertiary/aromatic N) is 6. The molecule has 0 aliphatic heterocycles. The van der Waals surface area contributed by atoms with Crippen molar-refractivity contribution < 1.29 is 9.90 Å². The third-order valence-electron chi connectivity index (χ3n) is 3.83. The van der Waals surface area contributed by atoms with Gasteiger partial charge in [0.1, 0.15) is 11.6 Å². The molecular formula is C18H20N6O3. The molecule has 140 valence electrons. The van der Waals surface area contributed by atoms with Crippen molar-refractivity contribution in [2.24, 2.45) is 10.2 Å². The first-order valence-corrected chi connectivity index (χ1v) is 7.98. The molecule has 0 spiro atoms. The molecule has 0 saturated heterocycles. The van der Waals surface area contributed by atoms with Crippen LogP contribution in [0.25, 0.3) is 0 Å². The van der Waals surface area contributed by atoms with Crippen molar-refractivity contribution in [2.75, 3.05) is 33.2 Å². The number of hydrogen-bond acceptors (Lipinski definition) is 7. The Hall–Kier alpha value is -3.67. The summed E-state index contributed by atoms with van der Waals surface area (Å²) in [5, 5.41) is 29.1. The highest BCUT2D eigenvalue weighted by Crippen LogP contribution is 2.32. The van der Waals surface area contributed by atoms with Gasteiger partial charge >= 0.3 is 0 Å². The van der Waals surface area contributed by atoms with E-state index in [9.17, 15) is 20.0 Å². The molecule has 27 heavy (non-hydrogen) atoms. The maximum Gasteiger partial charge on any atom is 0.290 e. The molecule has 1 aromatic carbocycles. The van der Waals surface area contributed by atoms with Crippen LogP contribution in [0.15, 0.2) is 39.3 Å². The summed E-state index contributed by atoms with van der Waals surface area (Å²) in [6.45, 7) is 1.51. The van der Waals surface area contributed by atoms with E-state index in [4.69, 9.17) is 0 Å². The molecule has 1 N–H and O–H groups in total. The number of hydrogen-bond donors (Lipinski definition) is 1. The Morgan fingerprint density at radius 2 is 1.89 bits per heavy atom. The van der Waals surface area contributed by atoms with Crippen LogP contribution in [0, 0.1) is 18.3 Å². The van der Waals surface area contributed by atoms with Gasteiger partial charge in [-0.05, 0) is 25.1 Å². The second-order valence-electron chi connectivity index (χ2n) is 6.20. The summed E-state index contributed by atoms with van der Waals surface area (Å²) in [6, 6.07) is 8.37. The SMILES string of the molecule is Cc1c(/N=N/c2cccc(C(=O)N(C)C)c2)c(O)n(N(C)C)c(=O)c1C#N. The Bertz CT molecular complexity index is 1010. The van der Waals surface area contributed by atoms with Crippen molar-refractivity contribution in [2.45, 2.75) is 6.92 Å². The highest BCUT2D eigenvalue weighted by Gasteiger charge is 2.20. The van der Waals surface area contributed by atoms with Gasteiger partial charge in [0.15, 0.2) is 5.69 Å². The van der Waals surface area contributed by atoms with Crippen LogP contribution in [0.1, 0.15) is 21.5 Å². The van der Waals surface area contributed by atoms with Crippen LogP contribution in [0.2, 0.25) is 0 Å². The third-order valence-corrected chi connectivity index (χ3v) is 3.83. The molecule has 1 amide bonds. The van der Waals surface area contributed by atoms with E-state index >= 15 is 0 Å². The second-order valence-corrected chi connectivity index (χ2v) is 6.20. The fraction of sp³-hybridized carbons (Fsp3) is 0.278. The number of carbonyl (C=O) groups excluding carboxylic acids is 1. The van der Waals surface area contributed by atoms with Gasteiger partial charge in [0.25, 0.3) is 11.5 Å². The van der Waals surface area contributed by atoms with Crippen molar-refractivity contribution in [1.82, 2.24) is 9.58 Å². The number of rotatable bonds is 4. The fourth-order valence-corrected chi connectivity index (χ4v) is 2.44. The number of benzene rings is 1. The van der Waals surface area contributed by atoms with Crippen LogP contribution < -0.4 is 10.6 Å². The van der Waals surface area contributed by atoms with Gasteiger partial charge in [-0.15, -0.1) is 5.11 Å². The largest absolute Gasteiger partial charge is 0.492 e. The molecule has 2 aromatic rings. The van der Waals surface area contributed by atoms with Gasteiger partial charge in [0.2, 0.25) is 5.88 Å². The van der Waals surface area contributed by atoms with Gasteiger partial charge in [0.05, 0.1) is 5.69 Å². The Kier molecular flexibility index (Phi) is 5.60. The van der Waals surface area contributed by atoms with Crippen LogP contribution in [0.4, 0.5) is 11.4 Å². The fourth-order valence-electron chi connectivity index (χ4n) is 2.44. The van der Waals surface area contributed by atoms with E-state index in [2.05, 4.69) is 10.2 Å². The van der Waals surface area contributed by atoms with E-state index in [1.54, 1.807) is 52.5 Å². The molecular weight excluding hydrogens is 348 g/mol. The first-order valence-electron chi connectivity index (χ1n) is 7.98. The van der Waals surface area contributed by atoms with E-state index in [1.807, 2.05) is 6.07 Å². The lowest BCUT2D eigenvalue weighted by atomic mass is 10.1. The first kappa shape index (κ1) is 19.7. The number of aromatic nitrogens is 1. The average Bonchev–Trinajstić information content (AvgIpc) is 2.61. The monoisotopic (exact) mass is 368 g/mol. The molecule has 0 fully saturated rings. The molecule has 9 heteroatoms. The first-order chi connectivity index (χ1) is 12.7. The number of amides is 1. The summed E-state index contributed by atoms with van der Waals surface area (Å²) < 4.78 is 0.936. The number of carbonyl (C=O) groups is 1. The number of azo groups is 1. The average molecular weight is 368 g/mol. The number of nitriles is 1. The Balaban J connectivity index is 2.57. The van der Waals surface area contributed by atoms with Gasteiger partial charge in [0, 0.05) is 39.3 Å². The molecule has 0 bridgehead atoms. The van der Waals surface area contributed by atoms with Crippen LogP contribution in [-0.4, -0.2) is 48.8 Å². The molecule has 0 saturated carbocycles. The smallest absolute Gasteiger partial charge is 0.290 e. The highest BCUT2D eigenvalue weighted by atomic mass is 16.3. The zero-order chi connectivity index (χ0) is 20.3. The van der Waals surface area contributed by atoms with Crippen molar-refractivity contribution >= 4 is 17.3 Å². The zero-order valence-corrected chi connectivity index (χ0v) is 15.8. The molecule has 0 unspecified atom stereocenters. The topological polar surface area (TPSA) is 114 Å². The Labute approximate surface area is 156 Å². The molecule has 0 aliphatic rings. The van der Waals surface area contributed by atoms with E-state index in [1.165, 1.54) is 16.8 Å². The summed E-state index contributed by atoms with van der Waals surface area (Å²) in [4.78, 5) is 25.8. The summed E-state index contributed by atoms with van der Waals surface area (Å²) in [7, 11) is 6.39. The minimum Gasteiger partial charge on any atom is -0.492 e. The molecule has 2 rings (SSSR count). The van der Waals surface area contributed by atoms with Crippen LogP contribution in [0.5, 0.6) is 5.88 Å². The predicted octanol–water partition coefficient (Wildman–Crippen LogP) is 2.05. The molecule has 0 aliphatic carbocycles. The molecule has 0 radical (unpaired) electrons. The molecule has 9 nitrogen and oxygen atoms in total. The summed E-state index contributed by atoms with van der Waals surface area (Å²) >= 11 is 0. The lowest BCUT2D eigenvalue weighted by molar-refractivity contribution is 0.0827. The van der Waals surface area contributed by atoms with Gasteiger partial charge in [-0.2, -0.15) is 15.1 Å². The van der Waals surface area contributed by atoms with Crippen LogP contribution in [-0.2, 0) is 0 Å². The minimum absolute atomic E-state index is 0.00388. The van der Waals surface area contributed by atoms with Gasteiger partial charge in [-0.25, -0.2) is 0 Å². The summed E-state index contributed by atoms with van der Waals surface area (Å²) in [5.74, 6) is -0.607. The van der Waals surface area contributed by atoms with E-state index < -0.39 is 11.4 Å². The Morgan fingerprint density at radius 1 is 1.22 bits per heavy atom. The molecule has 1 aromatic heterocycles. The number of pyridine rings is 1. The summed E-state index contributed by atoms with van der Waals surface area (Å²) in [6.07, 6.45) is 0. The zero-order valence-electron chi connectivity index (χ0n) is 15.8. The van der Waals surface area contributed by atoms with E-state index in [-0.39, 0.29) is 22.7 Å². The predicted molar refractivity (Wildman–Crippen MR) is 101 cm³/mol. The maximum atomic E-state index is 12.3. The lowest BCUT2D eigenvalue weighted by Gasteiger charge is -2.19. The van der Waals surface area contributed by atoms with Crippen molar-refractivity contribution in [1.29, 1.82) is 5.26 Å². The molecule has 0 atom stereocenters. The normalized spacial score (nSPS) is 10.7. The van der Waals surface area contributed by atoms with Gasteiger partial charge in [-0.3, -0.25) is 9.59 Å². The Morgan fingerprint density at radius 3 is 2.44 bits per heavy atom. The third kappa shape index (κ3) is 3.79. The maximum absolute atomic E-state index is 12.3. The van der Waals surface area contributed by atoms with Crippen molar-refractivity contribution in [3.63, 3.8) is 0 Å². The number of aromatic hydroxyl groups is 1. The second kappa shape index (κ2) is 7.70. The van der Waals surface area contributed by atoms with Crippen LogP contribution in [0.3, 0.4) is 0 Å². The summed E-state index contributed by atoms with van der Waals surface area (Å²) in [5.41, 5.74) is 0.282. The molecule has 1 heterocycles. The highest BCUT2D eigenvalue weighted by molar-refractivity contribution is 5.94. The van der Waals surface area contributed by atoms with Crippen molar-refractivity contribution in [3.05, 3.63) is 51.3 Å². The standard InChI is InChI=1S/C18H20N6O3/c1-11-14(10-19)17(26)24(23(4)5)18(27)15(11)21-20-13-8-6-7-12(9-13)16(25)22(2)3/h6-9,27H,1-5H3/b21-20+. The van der Waals surface area contributed by atoms with Crippen molar-refractivity contribution in [3.8, 4) is 11.9 Å². The van der Waals surface area contributed by atoms with Gasteiger partial charge in [-0.1, -0.05) is 6.07 Å². The van der Waals surface area contributed by atoms with Crippen LogP contribution >= 0.6 is 0 Å².